The van der Waals surface area contributed by atoms with E-state index in [1.54, 1.807) is 4.90 Å². The summed E-state index contributed by atoms with van der Waals surface area (Å²) in [6.45, 7) is 2.99. The number of benzene rings is 1. The summed E-state index contributed by atoms with van der Waals surface area (Å²) in [5, 5.41) is 0. The lowest BCUT2D eigenvalue weighted by atomic mass is 10.2. The first-order chi connectivity index (χ1) is 8.06. The van der Waals surface area contributed by atoms with Gasteiger partial charge in [0.1, 0.15) is 0 Å². The zero-order valence-electron chi connectivity index (χ0n) is 10.2. The quantitative estimate of drug-likeness (QED) is 0.524. The van der Waals surface area contributed by atoms with E-state index in [0.717, 1.165) is 26.6 Å². The van der Waals surface area contributed by atoms with E-state index in [2.05, 4.69) is 45.4 Å². The van der Waals surface area contributed by atoms with Gasteiger partial charge in [-0.1, -0.05) is 35.7 Å². The zero-order chi connectivity index (χ0) is 12.8. The molecular formula is C13H17BrINO. The highest BCUT2D eigenvalue weighted by atomic mass is 127. The van der Waals surface area contributed by atoms with E-state index in [1.807, 2.05) is 25.2 Å². The van der Waals surface area contributed by atoms with Crippen molar-refractivity contribution in [3.63, 3.8) is 0 Å². The van der Waals surface area contributed by atoms with Crippen LogP contribution in [0.15, 0.2) is 22.7 Å². The minimum absolute atomic E-state index is 0.104. The van der Waals surface area contributed by atoms with Crippen molar-refractivity contribution in [3.8, 4) is 0 Å². The van der Waals surface area contributed by atoms with Crippen LogP contribution in [0.5, 0.6) is 0 Å². The molecule has 0 unspecified atom stereocenters. The number of hydrogen-bond donors (Lipinski definition) is 0. The molecule has 0 aliphatic heterocycles. The molecule has 0 bridgehead atoms. The molecular weight excluding hydrogens is 393 g/mol. The summed E-state index contributed by atoms with van der Waals surface area (Å²) in [6, 6.07) is 5.80. The highest BCUT2D eigenvalue weighted by Gasteiger charge is 2.14. The van der Waals surface area contributed by atoms with Gasteiger partial charge in [-0.25, -0.2) is 0 Å². The van der Waals surface area contributed by atoms with Crippen molar-refractivity contribution in [2.75, 3.05) is 13.6 Å². The average molecular weight is 410 g/mol. The Balaban J connectivity index is 2.71. The van der Waals surface area contributed by atoms with Gasteiger partial charge in [-0.05, 0) is 47.2 Å². The van der Waals surface area contributed by atoms with Gasteiger partial charge in [0, 0.05) is 21.6 Å². The van der Waals surface area contributed by atoms with Crippen LogP contribution >= 0.6 is 38.5 Å². The second-order valence-electron chi connectivity index (χ2n) is 4.06. The van der Waals surface area contributed by atoms with Crippen molar-refractivity contribution in [1.82, 2.24) is 4.90 Å². The fourth-order valence-electron chi connectivity index (χ4n) is 1.57. The van der Waals surface area contributed by atoms with Crippen molar-refractivity contribution in [2.45, 2.75) is 26.2 Å². The average Bonchev–Trinajstić information content (AvgIpc) is 2.31. The molecule has 0 saturated heterocycles. The van der Waals surface area contributed by atoms with E-state index >= 15 is 0 Å². The Morgan fingerprint density at radius 1 is 1.41 bits per heavy atom. The number of halogens is 2. The maximum Gasteiger partial charge on any atom is 0.254 e. The summed E-state index contributed by atoms with van der Waals surface area (Å²) in [6.07, 6.45) is 3.42. The highest BCUT2D eigenvalue weighted by Crippen LogP contribution is 2.19. The van der Waals surface area contributed by atoms with Gasteiger partial charge in [-0.15, -0.1) is 0 Å². The Bertz CT molecular complexity index is 395. The van der Waals surface area contributed by atoms with Crippen molar-refractivity contribution in [2.24, 2.45) is 0 Å². The lowest BCUT2D eigenvalue weighted by Gasteiger charge is -2.18. The molecule has 1 rings (SSSR count). The number of rotatable bonds is 5. The maximum atomic E-state index is 12.2. The molecule has 0 heterocycles. The Labute approximate surface area is 125 Å². The van der Waals surface area contributed by atoms with E-state index in [9.17, 15) is 4.79 Å². The smallest absolute Gasteiger partial charge is 0.254 e. The standard InChI is InChI=1S/C13H17BrINO/c1-3-4-5-8-16(2)13(17)11-9-10(14)6-7-12(11)15/h6-7,9H,3-5,8H2,1-2H3. The molecule has 17 heavy (non-hydrogen) atoms. The predicted octanol–water partition coefficient (Wildman–Crippen LogP) is 4.32. The molecule has 0 N–H and O–H groups in total. The molecule has 4 heteroatoms. The van der Waals surface area contributed by atoms with Crippen molar-refractivity contribution in [1.29, 1.82) is 0 Å². The summed E-state index contributed by atoms with van der Waals surface area (Å²) in [7, 11) is 1.87. The van der Waals surface area contributed by atoms with E-state index < -0.39 is 0 Å². The molecule has 0 spiro atoms. The van der Waals surface area contributed by atoms with Crippen LogP contribution in [-0.2, 0) is 0 Å². The second-order valence-corrected chi connectivity index (χ2v) is 6.14. The highest BCUT2D eigenvalue weighted by molar-refractivity contribution is 14.1. The van der Waals surface area contributed by atoms with Crippen LogP contribution < -0.4 is 0 Å². The third-order valence-electron chi connectivity index (χ3n) is 2.60. The van der Waals surface area contributed by atoms with E-state index in [-0.39, 0.29) is 5.91 Å². The Morgan fingerprint density at radius 3 is 2.76 bits per heavy atom. The number of amides is 1. The molecule has 0 atom stereocenters. The monoisotopic (exact) mass is 409 g/mol. The number of nitrogens with zero attached hydrogens (tertiary/aromatic N) is 1. The van der Waals surface area contributed by atoms with E-state index in [1.165, 1.54) is 12.8 Å². The fourth-order valence-corrected chi connectivity index (χ4v) is 2.49. The Morgan fingerprint density at radius 2 is 2.12 bits per heavy atom. The van der Waals surface area contributed by atoms with Gasteiger partial charge in [0.2, 0.25) is 0 Å². The van der Waals surface area contributed by atoms with Crippen LogP contribution in [0.25, 0.3) is 0 Å². The largest absolute Gasteiger partial charge is 0.342 e. The molecule has 0 aromatic heterocycles. The third kappa shape index (κ3) is 4.58. The fraction of sp³-hybridized carbons (Fsp3) is 0.462. The SMILES string of the molecule is CCCCCN(C)C(=O)c1cc(Br)ccc1I. The lowest BCUT2D eigenvalue weighted by Crippen LogP contribution is -2.28. The Kier molecular flexibility index (Phi) is 6.48. The summed E-state index contributed by atoms with van der Waals surface area (Å²) < 4.78 is 1.95. The minimum Gasteiger partial charge on any atom is -0.342 e. The third-order valence-corrected chi connectivity index (χ3v) is 4.04. The predicted molar refractivity (Wildman–Crippen MR) is 83.3 cm³/mol. The lowest BCUT2D eigenvalue weighted by molar-refractivity contribution is 0.0791. The molecule has 0 radical (unpaired) electrons. The van der Waals surface area contributed by atoms with Crippen LogP contribution in [0, 0.1) is 3.57 Å². The van der Waals surface area contributed by atoms with Crippen molar-refractivity contribution >= 4 is 44.4 Å². The maximum absolute atomic E-state index is 12.2. The topological polar surface area (TPSA) is 20.3 Å². The Hall–Kier alpha value is -0.100. The molecule has 0 saturated carbocycles. The molecule has 0 aliphatic rings. The van der Waals surface area contributed by atoms with Gasteiger partial charge in [0.25, 0.3) is 5.91 Å². The van der Waals surface area contributed by atoms with Crippen LogP contribution in [-0.4, -0.2) is 24.4 Å². The summed E-state index contributed by atoms with van der Waals surface area (Å²) in [4.78, 5) is 14.0. The van der Waals surface area contributed by atoms with Gasteiger partial charge in [0.05, 0.1) is 5.56 Å². The van der Waals surface area contributed by atoms with E-state index in [4.69, 9.17) is 0 Å². The van der Waals surface area contributed by atoms with Crippen molar-refractivity contribution in [3.05, 3.63) is 31.8 Å². The van der Waals surface area contributed by atoms with Crippen molar-refractivity contribution < 1.29 is 4.79 Å². The molecule has 94 valence electrons. The molecule has 0 aliphatic carbocycles. The van der Waals surface area contributed by atoms with Gasteiger partial charge >= 0.3 is 0 Å². The number of carbonyl (C=O) groups excluding carboxylic acids is 1. The van der Waals surface area contributed by atoms with Gasteiger partial charge < -0.3 is 4.90 Å². The molecule has 0 fully saturated rings. The van der Waals surface area contributed by atoms with Crippen LogP contribution in [0.1, 0.15) is 36.5 Å². The summed E-state index contributed by atoms with van der Waals surface area (Å²) >= 11 is 5.61. The number of unbranched alkanes of at least 4 members (excludes halogenated alkanes) is 2. The first kappa shape index (κ1) is 15.0. The van der Waals surface area contributed by atoms with Gasteiger partial charge in [0.15, 0.2) is 0 Å². The van der Waals surface area contributed by atoms with Crippen LogP contribution in [0.3, 0.4) is 0 Å². The van der Waals surface area contributed by atoms with Crippen LogP contribution in [0.2, 0.25) is 0 Å². The minimum atomic E-state index is 0.104. The normalized spacial score (nSPS) is 10.4. The van der Waals surface area contributed by atoms with Crippen LogP contribution in [0.4, 0.5) is 0 Å². The number of hydrogen-bond acceptors (Lipinski definition) is 1. The first-order valence-corrected chi connectivity index (χ1v) is 7.64. The molecule has 1 aromatic rings. The molecule has 1 aromatic carbocycles. The van der Waals surface area contributed by atoms with Gasteiger partial charge in [-0.3, -0.25) is 4.79 Å². The zero-order valence-corrected chi connectivity index (χ0v) is 13.9. The molecule has 1 amide bonds. The number of carbonyl (C=O) groups is 1. The summed E-state index contributed by atoms with van der Waals surface area (Å²) in [5.41, 5.74) is 0.777. The van der Waals surface area contributed by atoms with E-state index in [0.29, 0.717) is 0 Å². The molecule has 2 nitrogen and oxygen atoms in total. The second kappa shape index (κ2) is 7.36. The van der Waals surface area contributed by atoms with Gasteiger partial charge in [-0.2, -0.15) is 0 Å². The first-order valence-electron chi connectivity index (χ1n) is 5.76. The summed E-state index contributed by atoms with van der Waals surface area (Å²) in [5.74, 6) is 0.104.